The lowest BCUT2D eigenvalue weighted by Crippen LogP contribution is -2.35. The van der Waals surface area contributed by atoms with Crippen molar-refractivity contribution in [3.05, 3.63) is 36.6 Å². The quantitative estimate of drug-likeness (QED) is 0.870. The van der Waals surface area contributed by atoms with Gasteiger partial charge in [0.05, 0.1) is 12.8 Å². The SMILES string of the molecule is O=C(Nc1ccc(NC[C@H]2CCC=CO2)cc1)N1CCCCCC1. The Hall–Kier alpha value is -2.17. The molecule has 2 aliphatic heterocycles. The predicted molar refractivity (Wildman–Crippen MR) is 97.2 cm³/mol. The second kappa shape index (κ2) is 8.62. The summed E-state index contributed by atoms with van der Waals surface area (Å²) in [6, 6.07) is 7.90. The molecule has 0 aliphatic carbocycles. The van der Waals surface area contributed by atoms with Crippen LogP contribution < -0.4 is 10.6 Å². The van der Waals surface area contributed by atoms with Gasteiger partial charge in [0.1, 0.15) is 6.10 Å². The molecule has 3 rings (SSSR count). The third kappa shape index (κ3) is 4.91. The third-order valence-corrected chi connectivity index (χ3v) is 4.59. The van der Waals surface area contributed by atoms with Crippen molar-refractivity contribution in [3.8, 4) is 0 Å². The van der Waals surface area contributed by atoms with Crippen LogP contribution in [-0.2, 0) is 4.74 Å². The van der Waals surface area contributed by atoms with Crippen LogP contribution in [0.1, 0.15) is 38.5 Å². The Morgan fingerprint density at radius 3 is 2.46 bits per heavy atom. The lowest BCUT2D eigenvalue weighted by molar-refractivity contribution is 0.135. The first kappa shape index (κ1) is 16.7. The van der Waals surface area contributed by atoms with Crippen molar-refractivity contribution < 1.29 is 9.53 Å². The van der Waals surface area contributed by atoms with Gasteiger partial charge >= 0.3 is 6.03 Å². The molecule has 2 amide bonds. The van der Waals surface area contributed by atoms with E-state index in [2.05, 4.69) is 16.7 Å². The van der Waals surface area contributed by atoms with Gasteiger partial charge in [-0.05, 0) is 56.0 Å². The number of carbonyl (C=O) groups is 1. The molecular formula is C19H27N3O2. The average Bonchev–Trinajstić information content (AvgIpc) is 2.91. The van der Waals surface area contributed by atoms with Gasteiger partial charge in [0, 0.05) is 24.5 Å². The molecule has 0 saturated carbocycles. The van der Waals surface area contributed by atoms with Gasteiger partial charge in [-0.25, -0.2) is 4.79 Å². The first-order chi connectivity index (χ1) is 11.8. The fourth-order valence-corrected chi connectivity index (χ4v) is 3.11. The van der Waals surface area contributed by atoms with Gasteiger partial charge in [-0.1, -0.05) is 12.8 Å². The Labute approximate surface area is 144 Å². The highest BCUT2D eigenvalue weighted by atomic mass is 16.5. The Kier molecular flexibility index (Phi) is 5.99. The van der Waals surface area contributed by atoms with Gasteiger partial charge in [0.15, 0.2) is 0 Å². The van der Waals surface area contributed by atoms with Crippen LogP contribution in [0, 0.1) is 0 Å². The smallest absolute Gasteiger partial charge is 0.321 e. The number of nitrogens with one attached hydrogen (secondary N) is 2. The number of carbonyl (C=O) groups excluding carboxylic acids is 1. The number of hydrogen-bond donors (Lipinski definition) is 2. The highest BCUT2D eigenvalue weighted by Crippen LogP contribution is 2.17. The summed E-state index contributed by atoms with van der Waals surface area (Å²) < 4.78 is 5.55. The average molecular weight is 329 g/mol. The zero-order valence-corrected chi connectivity index (χ0v) is 14.2. The Morgan fingerprint density at radius 2 is 1.79 bits per heavy atom. The minimum atomic E-state index is 0.0139. The van der Waals surface area contributed by atoms with Crippen LogP contribution in [0.4, 0.5) is 16.2 Å². The molecule has 0 unspecified atom stereocenters. The normalized spacial score (nSPS) is 20.8. The molecule has 1 fully saturated rings. The summed E-state index contributed by atoms with van der Waals surface area (Å²) in [5, 5.41) is 6.38. The first-order valence-electron chi connectivity index (χ1n) is 9.01. The minimum Gasteiger partial charge on any atom is -0.497 e. The molecule has 1 aromatic rings. The van der Waals surface area contributed by atoms with Crippen LogP contribution >= 0.6 is 0 Å². The maximum Gasteiger partial charge on any atom is 0.321 e. The first-order valence-corrected chi connectivity index (χ1v) is 9.01. The molecule has 0 bridgehead atoms. The molecule has 1 saturated heterocycles. The summed E-state index contributed by atoms with van der Waals surface area (Å²) in [6.45, 7) is 2.52. The van der Waals surface area contributed by atoms with Crippen molar-refractivity contribution in [2.45, 2.75) is 44.6 Å². The Morgan fingerprint density at radius 1 is 1.08 bits per heavy atom. The third-order valence-electron chi connectivity index (χ3n) is 4.59. The second-order valence-corrected chi connectivity index (χ2v) is 6.50. The molecule has 1 atom stereocenters. The summed E-state index contributed by atoms with van der Waals surface area (Å²) in [5.74, 6) is 0. The molecule has 130 valence electrons. The van der Waals surface area contributed by atoms with E-state index in [-0.39, 0.29) is 12.1 Å². The minimum absolute atomic E-state index is 0.0139. The van der Waals surface area contributed by atoms with Gasteiger partial charge < -0.3 is 20.3 Å². The second-order valence-electron chi connectivity index (χ2n) is 6.50. The van der Waals surface area contributed by atoms with E-state index in [1.165, 1.54) is 12.8 Å². The van der Waals surface area contributed by atoms with Crippen LogP contribution in [0.25, 0.3) is 0 Å². The molecule has 2 aliphatic rings. The number of anilines is 2. The van der Waals surface area contributed by atoms with Crippen LogP contribution in [0.15, 0.2) is 36.6 Å². The van der Waals surface area contributed by atoms with Crippen molar-refractivity contribution >= 4 is 17.4 Å². The summed E-state index contributed by atoms with van der Waals surface area (Å²) in [4.78, 5) is 14.2. The van der Waals surface area contributed by atoms with Gasteiger partial charge in [0.25, 0.3) is 0 Å². The fourth-order valence-electron chi connectivity index (χ4n) is 3.11. The van der Waals surface area contributed by atoms with Crippen molar-refractivity contribution in [1.82, 2.24) is 4.90 Å². The summed E-state index contributed by atoms with van der Waals surface area (Å²) in [6.07, 6.45) is 10.9. The van der Waals surface area contributed by atoms with E-state index in [1.54, 1.807) is 6.26 Å². The number of urea groups is 1. The number of benzene rings is 1. The monoisotopic (exact) mass is 329 g/mol. The van der Waals surface area contributed by atoms with Gasteiger partial charge in [-0.15, -0.1) is 0 Å². The number of likely N-dealkylation sites (tertiary alicyclic amines) is 1. The lowest BCUT2D eigenvalue weighted by atomic mass is 10.1. The highest BCUT2D eigenvalue weighted by Gasteiger charge is 2.15. The topological polar surface area (TPSA) is 53.6 Å². The zero-order chi connectivity index (χ0) is 16.6. The number of allylic oxidation sites excluding steroid dienone is 1. The van der Waals surface area contributed by atoms with E-state index in [4.69, 9.17) is 4.74 Å². The number of rotatable bonds is 4. The van der Waals surface area contributed by atoms with Crippen molar-refractivity contribution in [2.24, 2.45) is 0 Å². The maximum atomic E-state index is 12.3. The molecule has 5 heteroatoms. The summed E-state index contributed by atoms with van der Waals surface area (Å²) in [5.41, 5.74) is 1.88. The van der Waals surface area contributed by atoms with E-state index in [0.717, 1.165) is 56.7 Å². The number of amides is 2. The van der Waals surface area contributed by atoms with E-state index in [1.807, 2.05) is 29.2 Å². The van der Waals surface area contributed by atoms with Gasteiger partial charge in [-0.3, -0.25) is 0 Å². The molecular weight excluding hydrogens is 302 g/mol. The van der Waals surface area contributed by atoms with Crippen LogP contribution in [-0.4, -0.2) is 36.7 Å². The van der Waals surface area contributed by atoms with Crippen LogP contribution in [0.3, 0.4) is 0 Å². The maximum absolute atomic E-state index is 12.3. The fraction of sp³-hybridized carbons (Fsp3) is 0.526. The molecule has 1 aromatic carbocycles. The number of hydrogen-bond acceptors (Lipinski definition) is 3. The molecule has 0 spiro atoms. The molecule has 24 heavy (non-hydrogen) atoms. The highest BCUT2D eigenvalue weighted by molar-refractivity contribution is 5.89. The van der Waals surface area contributed by atoms with E-state index in [9.17, 15) is 4.79 Å². The van der Waals surface area contributed by atoms with E-state index < -0.39 is 0 Å². The summed E-state index contributed by atoms with van der Waals surface area (Å²) in [7, 11) is 0. The molecule has 5 nitrogen and oxygen atoms in total. The van der Waals surface area contributed by atoms with Crippen LogP contribution in [0.5, 0.6) is 0 Å². The molecule has 0 radical (unpaired) electrons. The standard InChI is InChI=1S/C19H27N3O2/c23-19(22-12-4-1-2-5-13-22)21-17-10-8-16(9-11-17)20-15-18-7-3-6-14-24-18/h6,8-11,14,18,20H,1-5,7,12-13,15H2,(H,21,23)/t18-/m1/s1. The van der Waals surface area contributed by atoms with Crippen molar-refractivity contribution in [1.29, 1.82) is 0 Å². The largest absolute Gasteiger partial charge is 0.497 e. The molecule has 0 aromatic heterocycles. The van der Waals surface area contributed by atoms with Gasteiger partial charge in [0.2, 0.25) is 0 Å². The van der Waals surface area contributed by atoms with Crippen molar-refractivity contribution in [3.63, 3.8) is 0 Å². The van der Waals surface area contributed by atoms with Gasteiger partial charge in [-0.2, -0.15) is 0 Å². The molecule has 2 N–H and O–H groups in total. The molecule has 2 heterocycles. The summed E-state index contributed by atoms with van der Waals surface area (Å²) >= 11 is 0. The Balaban J connectivity index is 1.46. The number of nitrogens with zero attached hydrogens (tertiary/aromatic N) is 1. The van der Waals surface area contributed by atoms with Crippen LogP contribution in [0.2, 0.25) is 0 Å². The Bertz CT molecular complexity index is 548. The van der Waals surface area contributed by atoms with E-state index in [0.29, 0.717) is 0 Å². The predicted octanol–water partition coefficient (Wildman–Crippen LogP) is 4.20. The van der Waals surface area contributed by atoms with E-state index >= 15 is 0 Å². The van der Waals surface area contributed by atoms with Crippen molar-refractivity contribution in [2.75, 3.05) is 30.3 Å². The zero-order valence-electron chi connectivity index (χ0n) is 14.2. The lowest BCUT2D eigenvalue weighted by Gasteiger charge is -2.21. The number of ether oxygens (including phenoxy) is 1.